The van der Waals surface area contributed by atoms with Crippen molar-refractivity contribution in [3.63, 3.8) is 0 Å². The van der Waals surface area contributed by atoms with Crippen molar-refractivity contribution in [2.24, 2.45) is 0 Å². The highest BCUT2D eigenvalue weighted by Gasteiger charge is 2.14. The number of benzene rings is 2. The van der Waals surface area contributed by atoms with E-state index in [0.29, 0.717) is 18.0 Å². The Morgan fingerprint density at radius 2 is 1.81 bits per heavy atom. The van der Waals surface area contributed by atoms with Crippen LogP contribution in [0.25, 0.3) is 0 Å². The van der Waals surface area contributed by atoms with Crippen molar-refractivity contribution < 1.29 is 22.5 Å². The molecule has 0 unspecified atom stereocenters. The van der Waals surface area contributed by atoms with Gasteiger partial charge in [-0.1, -0.05) is 36.4 Å². The first kappa shape index (κ1) is 18.5. The van der Waals surface area contributed by atoms with E-state index in [1.165, 1.54) is 12.1 Å². The van der Waals surface area contributed by atoms with Gasteiger partial charge < -0.3 is 14.6 Å². The third-order valence-electron chi connectivity index (χ3n) is 3.37. The molecule has 2 N–H and O–H groups in total. The number of ether oxygens (including phenoxy) is 1. The van der Waals surface area contributed by atoms with E-state index < -0.39 is 15.9 Å². The molecule has 1 amide bonds. The molecule has 0 saturated heterocycles. The number of carbonyl (C=O) groups excluding carboxylic acids is 1. The molecular formula is C18H17N3O5S. The Kier molecular flexibility index (Phi) is 5.41. The van der Waals surface area contributed by atoms with Crippen LogP contribution in [0.5, 0.6) is 5.88 Å². The number of sulfonamides is 1. The molecule has 0 saturated carbocycles. The van der Waals surface area contributed by atoms with Gasteiger partial charge in [0.2, 0.25) is 15.8 Å². The first-order chi connectivity index (χ1) is 12.9. The van der Waals surface area contributed by atoms with Gasteiger partial charge in [-0.05, 0) is 28.9 Å². The summed E-state index contributed by atoms with van der Waals surface area (Å²) in [5, 5.41) is 6.32. The van der Waals surface area contributed by atoms with Crippen LogP contribution in [0.15, 0.2) is 65.2 Å². The monoisotopic (exact) mass is 387 g/mol. The number of anilines is 2. The lowest BCUT2D eigenvalue weighted by molar-refractivity contribution is 0.0987. The van der Waals surface area contributed by atoms with E-state index in [1.54, 1.807) is 18.2 Å². The Balaban J connectivity index is 1.62. The molecule has 1 aromatic heterocycles. The van der Waals surface area contributed by atoms with Crippen molar-refractivity contribution in [3.05, 3.63) is 72.0 Å². The molecular weight excluding hydrogens is 370 g/mol. The maximum absolute atomic E-state index is 12.3. The molecule has 140 valence electrons. The minimum Gasteiger partial charge on any atom is -0.471 e. The standard InChI is InChI=1S/C18H17N3O5S/c1-27(23,24)21-15-9-5-8-14(10-15)19-18(22)16-11-17(20-26-16)25-12-13-6-3-2-4-7-13/h2-11,21H,12H2,1H3,(H,19,22). The smallest absolute Gasteiger partial charge is 0.294 e. The average Bonchev–Trinajstić information content (AvgIpc) is 3.09. The number of nitrogens with zero attached hydrogens (tertiary/aromatic N) is 1. The highest BCUT2D eigenvalue weighted by atomic mass is 32.2. The quantitative estimate of drug-likeness (QED) is 0.645. The van der Waals surface area contributed by atoms with Gasteiger partial charge in [-0.2, -0.15) is 0 Å². The van der Waals surface area contributed by atoms with E-state index in [2.05, 4.69) is 15.2 Å². The van der Waals surface area contributed by atoms with Crippen LogP contribution in [0, 0.1) is 0 Å². The second kappa shape index (κ2) is 7.92. The second-order valence-electron chi connectivity index (χ2n) is 5.71. The Morgan fingerprint density at radius 1 is 1.07 bits per heavy atom. The molecule has 3 aromatic rings. The summed E-state index contributed by atoms with van der Waals surface area (Å²) in [5.41, 5.74) is 1.69. The minimum absolute atomic E-state index is 0.0282. The summed E-state index contributed by atoms with van der Waals surface area (Å²) in [6.45, 7) is 0.299. The number of carbonyl (C=O) groups is 1. The molecule has 0 spiro atoms. The molecule has 27 heavy (non-hydrogen) atoms. The van der Waals surface area contributed by atoms with Crippen molar-refractivity contribution in [1.82, 2.24) is 5.16 Å². The van der Waals surface area contributed by atoms with E-state index in [1.807, 2.05) is 30.3 Å². The molecule has 0 fully saturated rings. The van der Waals surface area contributed by atoms with Gasteiger partial charge in [0.1, 0.15) is 6.61 Å². The summed E-state index contributed by atoms with van der Waals surface area (Å²) in [5.74, 6) is -0.371. The van der Waals surface area contributed by atoms with Crippen molar-refractivity contribution in [1.29, 1.82) is 0 Å². The minimum atomic E-state index is -3.41. The lowest BCUT2D eigenvalue weighted by Gasteiger charge is -2.07. The van der Waals surface area contributed by atoms with E-state index in [-0.39, 0.29) is 11.6 Å². The van der Waals surface area contributed by atoms with Crippen LogP contribution in [-0.2, 0) is 16.6 Å². The number of aromatic nitrogens is 1. The molecule has 0 radical (unpaired) electrons. The molecule has 8 nitrogen and oxygen atoms in total. The summed E-state index contributed by atoms with van der Waals surface area (Å²) >= 11 is 0. The number of rotatable bonds is 7. The van der Waals surface area contributed by atoms with Gasteiger partial charge in [-0.3, -0.25) is 9.52 Å². The highest BCUT2D eigenvalue weighted by Crippen LogP contribution is 2.19. The van der Waals surface area contributed by atoms with Gasteiger partial charge in [0.15, 0.2) is 0 Å². The van der Waals surface area contributed by atoms with Crippen LogP contribution >= 0.6 is 0 Å². The Labute approximate surface area is 156 Å². The van der Waals surface area contributed by atoms with Crippen molar-refractivity contribution in [2.45, 2.75) is 6.61 Å². The Bertz CT molecular complexity index is 1030. The van der Waals surface area contributed by atoms with E-state index in [9.17, 15) is 13.2 Å². The summed E-state index contributed by atoms with van der Waals surface area (Å²) in [6.07, 6.45) is 1.05. The molecule has 2 aromatic carbocycles. The van der Waals surface area contributed by atoms with Crippen LogP contribution in [0.3, 0.4) is 0 Å². The largest absolute Gasteiger partial charge is 0.471 e. The van der Waals surface area contributed by atoms with Gasteiger partial charge in [-0.25, -0.2) is 8.42 Å². The maximum atomic E-state index is 12.3. The lowest BCUT2D eigenvalue weighted by atomic mass is 10.2. The zero-order valence-electron chi connectivity index (χ0n) is 14.4. The molecule has 3 rings (SSSR count). The fraction of sp³-hybridized carbons (Fsp3) is 0.111. The second-order valence-corrected chi connectivity index (χ2v) is 7.46. The highest BCUT2D eigenvalue weighted by molar-refractivity contribution is 7.92. The molecule has 0 bridgehead atoms. The Morgan fingerprint density at radius 3 is 2.56 bits per heavy atom. The van der Waals surface area contributed by atoms with Crippen molar-refractivity contribution >= 4 is 27.3 Å². The molecule has 0 aliphatic heterocycles. The molecule has 0 aliphatic rings. The molecule has 0 aliphatic carbocycles. The normalized spacial score (nSPS) is 11.0. The average molecular weight is 387 g/mol. The van der Waals surface area contributed by atoms with E-state index in [0.717, 1.165) is 11.8 Å². The predicted molar refractivity (Wildman–Crippen MR) is 100 cm³/mol. The first-order valence-electron chi connectivity index (χ1n) is 7.92. The summed E-state index contributed by atoms with van der Waals surface area (Å²) < 4.78 is 35.4. The summed E-state index contributed by atoms with van der Waals surface area (Å²) in [4.78, 5) is 12.3. The first-order valence-corrected chi connectivity index (χ1v) is 9.81. The number of hydrogen-bond donors (Lipinski definition) is 2. The molecule has 1 heterocycles. The SMILES string of the molecule is CS(=O)(=O)Nc1cccc(NC(=O)c2cc(OCc3ccccc3)no2)c1. The van der Waals surface area contributed by atoms with E-state index in [4.69, 9.17) is 9.26 Å². The van der Waals surface area contributed by atoms with Gasteiger partial charge in [0, 0.05) is 5.69 Å². The summed E-state index contributed by atoms with van der Waals surface area (Å²) in [7, 11) is -3.41. The van der Waals surface area contributed by atoms with Crippen molar-refractivity contribution in [3.8, 4) is 5.88 Å². The van der Waals surface area contributed by atoms with Crippen LogP contribution in [0.4, 0.5) is 11.4 Å². The van der Waals surface area contributed by atoms with Gasteiger partial charge in [0.25, 0.3) is 11.8 Å². The van der Waals surface area contributed by atoms with Gasteiger partial charge in [0.05, 0.1) is 18.0 Å². The zero-order chi connectivity index (χ0) is 19.3. The van der Waals surface area contributed by atoms with Gasteiger partial charge >= 0.3 is 0 Å². The lowest BCUT2D eigenvalue weighted by Crippen LogP contribution is -2.12. The van der Waals surface area contributed by atoms with Crippen LogP contribution in [0.1, 0.15) is 16.1 Å². The number of hydrogen-bond acceptors (Lipinski definition) is 6. The van der Waals surface area contributed by atoms with Crippen LogP contribution < -0.4 is 14.8 Å². The number of nitrogens with one attached hydrogen (secondary N) is 2. The van der Waals surface area contributed by atoms with Crippen molar-refractivity contribution in [2.75, 3.05) is 16.3 Å². The fourth-order valence-corrected chi connectivity index (χ4v) is 2.79. The topological polar surface area (TPSA) is 111 Å². The van der Waals surface area contributed by atoms with Gasteiger partial charge in [-0.15, -0.1) is 0 Å². The van der Waals surface area contributed by atoms with Crippen LogP contribution in [-0.4, -0.2) is 25.7 Å². The number of amides is 1. The third-order valence-corrected chi connectivity index (χ3v) is 3.97. The van der Waals surface area contributed by atoms with E-state index >= 15 is 0 Å². The zero-order valence-corrected chi connectivity index (χ0v) is 15.2. The fourth-order valence-electron chi connectivity index (χ4n) is 2.23. The molecule has 0 atom stereocenters. The predicted octanol–water partition coefficient (Wildman–Crippen LogP) is 2.88. The third kappa shape index (κ3) is 5.58. The Hall–Kier alpha value is -3.33. The summed E-state index contributed by atoms with van der Waals surface area (Å²) in [6, 6.07) is 17.2. The maximum Gasteiger partial charge on any atom is 0.294 e. The molecule has 9 heteroatoms. The van der Waals surface area contributed by atoms with Crippen LogP contribution in [0.2, 0.25) is 0 Å².